The van der Waals surface area contributed by atoms with Crippen LogP contribution in [0, 0.1) is 0 Å². The lowest BCUT2D eigenvalue weighted by Gasteiger charge is -2.25. The average Bonchev–Trinajstić information content (AvgIpc) is 3.45. The number of pyridine rings is 1. The number of nitrogens with zero attached hydrogens (tertiary/aromatic N) is 2. The number of carbonyl (C=O) groups excluding carboxylic acids is 4. The van der Waals surface area contributed by atoms with E-state index in [0.717, 1.165) is 5.56 Å². The summed E-state index contributed by atoms with van der Waals surface area (Å²) in [6, 6.07) is 10.7. The highest BCUT2D eigenvalue weighted by atomic mass is 32.1. The number of nitrogens with one attached hydrogen (secondary N) is 4. The van der Waals surface area contributed by atoms with Gasteiger partial charge in [0, 0.05) is 29.9 Å². The molecule has 204 valence electrons. The minimum Gasteiger partial charge on any atom is -0.351 e. The topological polar surface area (TPSA) is 142 Å². The van der Waals surface area contributed by atoms with Crippen LogP contribution in [0.3, 0.4) is 0 Å². The Morgan fingerprint density at radius 2 is 1.74 bits per heavy atom. The number of hydrogen-bond donors (Lipinski definition) is 4. The zero-order valence-electron chi connectivity index (χ0n) is 21.7. The van der Waals surface area contributed by atoms with Crippen molar-refractivity contribution in [2.45, 2.75) is 57.2 Å². The molecule has 11 heteroatoms. The van der Waals surface area contributed by atoms with Crippen molar-refractivity contribution >= 4 is 35.0 Å². The van der Waals surface area contributed by atoms with Crippen LogP contribution in [-0.2, 0) is 16.0 Å². The van der Waals surface area contributed by atoms with Crippen LogP contribution in [0.15, 0.2) is 60.2 Å². The minimum atomic E-state index is -0.852. The molecule has 0 saturated heterocycles. The second-order valence-corrected chi connectivity index (χ2v) is 10.2. The monoisotopic (exact) mass is 548 g/mol. The van der Waals surface area contributed by atoms with Crippen molar-refractivity contribution < 1.29 is 19.2 Å². The Labute approximate surface area is 231 Å². The van der Waals surface area contributed by atoms with Crippen LogP contribution in [0.25, 0.3) is 0 Å². The van der Waals surface area contributed by atoms with Gasteiger partial charge < -0.3 is 21.3 Å². The molecule has 3 heterocycles. The molecule has 1 aliphatic rings. The number of thiazole rings is 1. The van der Waals surface area contributed by atoms with Crippen molar-refractivity contribution in [1.29, 1.82) is 0 Å². The number of carbonyl (C=O) groups is 4. The van der Waals surface area contributed by atoms with Crippen LogP contribution in [0.4, 0.5) is 0 Å². The van der Waals surface area contributed by atoms with Crippen LogP contribution < -0.4 is 21.3 Å². The summed E-state index contributed by atoms with van der Waals surface area (Å²) >= 11 is 1.31. The summed E-state index contributed by atoms with van der Waals surface area (Å²) in [5.74, 6) is -1.49. The molecule has 2 aromatic heterocycles. The molecule has 0 spiro atoms. The minimum absolute atomic E-state index is 0.291. The number of fused-ring (bicyclic) bond motifs is 2. The van der Waals surface area contributed by atoms with Crippen molar-refractivity contribution in [2.24, 2.45) is 0 Å². The van der Waals surface area contributed by atoms with Gasteiger partial charge in [-0.05, 0) is 49.8 Å². The molecule has 0 fully saturated rings. The average molecular weight is 549 g/mol. The van der Waals surface area contributed by atoms with Gasteiger partial charge in [0.2, 0.25) is 11.8 Å². The van der Waals surface area contributed by atoms with E-state index < -0.39 is 29.9 Å². The van der Waals surface area contributed by atoms with Crippen molar-refractivity contribution in [3.05, 3.63) is 82.1 Å². The highest BCUT2D eigenvalue weighted by molar-refractivity contribution is 7.09. The summed E-state index contributed by atoms with van der Waals surface area (Å²) in [5, 5.41) is 13.8. The zero-order chi connectivity index (χ0) is 27.6. The lowest BCUT2D eigenvalue weighted by atomic mass is 10.0. The van der Waals surface area contributed by atoms with E-state index in [0.29, 0.717) is 54.9 Å². The molecule has 0 radical (unpaired) electrons. The first-order valence-corrected chi connectivity index (χ1v) is 13.9. The Morgan fingerprint density at radius 1 is 1.00 bits per heavy atom. The SMILES string of the molecule is CC[C@H]1NC(=O)[C@@H](NC(=O)c2ccncc2)CCCCNC(=O)c2csc(n2)[C@H](Cc2ccccc2)NC1=O. The third-order valence-corrected chi connectivity index (χ3v) is 7.42. The van der Waals surface area contributed by atoms with Crippen molar-refractivity contribution in [3.63, 3.8) is 0 Å². The van der Waals surface area contributed by atoms with Gasteiger partial charge in [-0.25, -0.2) is 4.98 Å². The zero-order valence-corrected chi connectivity index (χ0v) is 22.5. The maximum absolute atomic E-state index is 13.4. The van der Waals surface area contributed by atoms with E-state index in [1.54, 1.807) is 17.5 Å². The van der Waals surface area contributed by atoms with E-state index in [1.807, 2.05) is 37.3 Å². The van der Waals surface area contributed by atoms with Crippen LogP contribution in [0.2, 0.25) is 0 Å². The molecule has 1 aromatic carbocycles. The van der Waals surface area contributed by atoms with Gasteiger partial charge in [-0.3, -0.25) is 24.2 Å². The van der Waals surface area contributed by atoms with Gasteiger partial charge in [-0.1, -0.05) is 37.3 Å². The first kappa shape index (κ1) is 27.9. The van der Waals surface area contributed by atoms with Crippen LogP contribution in [0.1, 0.15) is 70.1 Å². The third kappa shape index (κ3) is 7.70. The fraction of sp³-hybridized carbons (Fsp3) is 0.357. The van der Waals surface area contributed by atoms with Crippen molar-refractivity contribution in [2.75, 3.05) is 6.54 Å². The Kier molecular flexibility index (Phi) is 9.74. The molecule has 3 atom stereocenters. The maximum atomic E-state index is 13.4. The second kappa shape index (κ2) is 13.6. The van der Waals surface area contributed by atoms with Crippen molar-refractivity contribution in [1.82, 2.24) is 31.2 Å². The predicted octanol–water partition coefficient (Wildman–Crippen LogP) is 2.55. The maximum Gasteiger partial charge on any atom is 0.270 e. The van der Waals surface area contributed by atoms with Gasteiger partial charge in [0.05, 0.1) is 6.04 Å². The van der Waals surface area contributed by atoms with E-state index >= 15 is 0 Å². The lowest BCUT2D eigenvalue weighted by molar-refractivity contribution is -0.130. The molecule has 4 N–H and O–H groups in total. The predicted molar refractivity (Wildman–Crippen MR) is 147 cm³/mol. The Hall–Kier alpha value is -4.12. The van der Waals surface area contributed by atoms with Crippen LogP contribution >= 0.6 is 11.3 Å². The van der Waals surface area contributed by atoms with Gasteiger partial charge in [0.15, 0.2) is 0 Å². The van der Waals surface area contributed by atoms with Gasteiger partial charge in [0.25, 0.3) is 11.8 Å². The van der Waals surface area contributed by atoms with Crippen LogP contribution in [0.5, 0.6) is 0 Å². The van der Waals surface area contributed by atoms with E-state index in [-0.39, 0.29) is 11.8 Å². The molecule has 2 bridgehead atoms. The molecule has 4 rings (SSSR count). The molecule has 4 amide bonds. The summed E-state index contributed by atoms with van der Waals surface area (Å²) in [6.07, 6.45) is 5.35. The van der Waals surface area contributed by atoms with Crippen LogP contribution in [-0.4, -0.2) is 52.2 Å². The smallest absolute Gasteiger partial charge is 0.270 e. The number of amides is 4. The molecule has 0 aliphatic carbocycles. The number of benzene rings is 1. The highest BCUT2D eigenvalue weighted by Crippen LogP contribution is 2.23. The summed E-state index contributed by atoms with van der Waals surface area (Å²) in [6.45, 7) is 2.21. The molecular weight excluding hydrogens is 516 g/mol. The van der Waals surface area contributed by atoms with E-state index in [2.05, 4.69) is 31.2 Å². The number of aromatic nitrogens is 2. The molecule has 39 heavy (non-hydrogen) atoms. The largest absolute Gasteiger partial charge is 0.351 e. The van der Waals surface area contributed by atoms with E-state index in [1.165, 1.54) is 23.7 Å². The second-order valence-electron chi connectivity index (χ2n) is 9.30. The summed E-state index contributed by atoms with van der Waals surface area (Å²) in [4.78, 5) is 60.6. The standard InChI is InChI=1S/C28H32N6O4S/c1-2-20-26(37)33-22(16-18-8-4-3-5-9-18)28-34-23(17-39-28)25(36)30-13-7-6-10-21(27(38)31-20)32-24(35)19-11-14-29-15-12-19/h3-5,8-9,11-12,14-15,17,20-22H,2,6-7,10,13,16H2,1H3,(H,30,36)(H,31,38)(H,32,35)(H,33,37)/t20-,21+,22+/m1/s1. The fourth-order valence-corrected chi connectivity index (χ4v) is 5.13. The quantitative estimate of drug-likeness (QED) is 0.386. The normalized spacial score (nSPS) is 20.8. The fourth-order valence-electron chi connectivity index (χ4n) is 4.28. The number of rotatable bonds is 5. The van der Waals surface area contributed by atoms with Crippen molar-refractivity contribution in [3.8, 4) is 0 Å². The van der Waals surface area contributed by atoms with Gasteiger partial charge >= 0.3 is 0 Å². The number of hydrogen-bond acceptors (Lipinski definition) is 7. The molecule has 0 unspecified atom stereocenters. The molecule has 10 nitrogen and oxygen atoms in total. The molecule has 0 saturated carbocycles. The first-order valence-electron chi connectivity index (χ1n) is 13.0. The Morgan fingerprint density at radius 3 is 2.49 bits per heavy atom. The summed E-state index contributed by atoms with van der Waals surface area (Å²) in [7, 11) is 0. The Balaban J connectivity index is 1.57. The van der Waals surface area contributed by atoms with Gasteiger partial charge in [-0.2, -0.15) is 0 Å². The summed E-state index contributed by atoms with van der Waals surface area (Å²) < 4.78 is 0. The lowest BCUT2D eigenvalue weighted by Crippen LogP contribution is -2.54. The highest BCUT2D eigenvalue weighted by Gasteiger charge is 2.29. The Bertz CT molecular complexity index is 1280. The third-order valence-electron chi connectivity index (χ3n) is 6.46. The van der Waals surface area contributed by atoms with Gasteiger partial charge in [-0.15, -0.1) is 11.3 Å². The van der Waals surface area contributed by atoms with E-state index in [4.69, 9.17) is 0 Å². The molecule has 3 aromatic rings. The summed E-state index contributed by atoms with van der Waals surface area (Å²) in [5.41, 5.74) is 1.68. The first-order chi connectivity index (χ1) is 18.9. The molecular formula is C28H32N6O4S. The van der Waals surface area contributed by atoms with Gasteiger partial charge in [0.1, 0.15) is 22.8 Å². The van der Waals surface area contributed by atoms with E-state index in [9.17, 15) is 19.2 Å². The molecule has 1 aliphatic heterocycles.